The Hall–Kier alpha value is -2.11. The SMILES string of the molecule is C[C@@H](O)c1cccc(OCc2c(Cl)cccc2[N+](=O)[O-])c1. The van der Waals surface area contributed by atoms with E-state index >= 15 is 0 Å². The van der Waals surface area contributed by atoms with E-state index in [0.29, 0.717) is 16.9 Å². The van der Waals surface area contributed by atoms with E-state index in [1.807, 2.05) is 0 Å². The van der Waals surface area contributed by atoms with E-state index in [-0.39, 0.29) is 17.3 Å². The molecular weight excluding hydrogens is 294 g/mol. The Labute approximate surface area is 126 Å². The van der Waals surface area contributed by atoms with Crippen LogP contribution in [0.4, 0.5) is 5.69 Å². The maximum absolute atomic E-state index is 11.0. The molecule has 0 spiro atoms. The monoisotopic (exact) mass is 307 g/mol. The fourth-order valence-electron chi connectivity index (χ4n) is 1.88. The van der Waals surface area contributed by atoms with E-state index < -0.39 is 11.0 Å². The number of aliphatic hydroxyl groups excluding tert-OH is 1. The first kappa shape index (κ1) is 15.3. The van der Waals surface area contributed by atoms with Gasteiger partial charge in [0.05, 0.1) is 21.6 Å². The minimum Gasteiger partial charge on any atom is -0.489 e. The van der Waals surface area contributed by atoms with Gasteiger partial charge in [-0.1, -0.05) is 29.8 Å². The molecule has 0 heterocycles. The summed E-state index contributed by atoms with van der Waals surface area (Å²) in [6, 6.07) is 11.4. The zero-order valence-corrected chi connectivity index (χ0v) is 12.1. The highest BCUT2D eigenvalue weighted by molar-refractivity contribution is 6.31. The molecule has 0 aliphatic carbocycles. The molecular formula is C15H14ClNO4. The highest BCUT2D eigenvalue weighted by atomic mass is 35.5. The normalized spacial score (nSPS) is 12.0. The van der Waals surface area contributed by atoms with Crippen LogP contribution in [0.5, 0.6) is 5.75 Å². The molecule has 110 valence electrons. The van der Waals surface area contributed by atoms with Crippen molar-refractivity contribution in [3.05, 3.63) is 68.7 Å². The molecule has 0 unspecified atom stereocenters. The van der Waals surface area contributed by atoms with E-state index in [1.54, 1.807) is 37.3 Å². The summed E-state index contributed by atoms with van der Waals surface area (Å²) in [4.78, 5) is 10.5. The number of rotatable bonds is 5. The van der Waals surface area contributed by atoms with Gasteiger partial charge in [-0.15, -0.1) is 0 Å². The first-order valence-corrected chi connectivity index (χ1v) is 6.69. The number of nitro groups is 1. The van der Waals surface area contributed by atoms with Crippen molar-refractivity contribution in [3.63, 3.8) is 0 Å². The molecule has 5 nitrogen and oxygen atoms in total. The molecule has 0 aliphatic rings. The predicted octanol–water partition coefficient (Wildman–Crippen LogP) is 3.88. The summed E-state index contributed by atoms with van der Waals surface area (Å²) in [7, 11) is 0. The number of halogens is 1. The minimum absolute atomic E-state index is 0.0146. The van der Waals surface area contributed by atoms with Crippen LogP contribution in [0.1, 0.15) is 24.2 Å². The Morgan fingerprint density at radius 2 is 2.05 bits per heavy atom. The second-order valence-electron chi connectivity index (χ2n) is 4.53. The molecule has 0 fully saturated rings. The van der Waals surface area contributed by atoms with Crippen molar-refractivity contribution in [2.24, 2.45) is 0 Å². The molecule has 0 aromatic heterocycles. The van der Waals surface area contributed by atoms with Gasteiger partial charge in [0, 0.05) is 6.07 Å². The summed E-state index contributed by atoms with van der Waals surface area (Å²) in [5.41, 5.74) is 0.960. The first-order valence-electron chi connectivity index (χ1n) is 6.31. The van der Waals surface area contributed by atoms with Gasteiger partial charge < -0.3 is 9.84 Å². The van der Waals surface area contributed by atoms with E-state index in [2.05, 4.69) is 0 Å². The number of hydrogen-bond donors (Lipinski definition) is 1. The standard InChI is InChI=1S/C15H14ClNO4/c1-10(18)11-4-2-5-12(8-11)21-9-13-14(16)6-3-7-15(13)17(19)20/h2-8,10,18H,9H2,1H3/t10-/m1/s1. The van der Waals surface area contributed by atoms with Crippen LogP contribution < -0.4 is 4.74 Å². The minimum atomic E-state index is -0.608. The number of benzene rings is 2. The highest BCUT2D eigenvalue weighted by Gasteiger charge is 2.17. The molecule has 21 heavy (non-hydrogen) atoms. The van der Waals surface area contributed by atoms with Gasteiger partial charge in [0.2, 0.25) is 0 Å². The lowest BCUT2D eigenvalue weighted by Crippen LogP contribution is -2.02. The van der Waals surface area contributed by atoms with Crippen molar-refractivity contribution in [2.45, 2.75) is 19.6 Å². The molecule has 0 saturated carbocycles. The Morgan fingerprint density at radius 3 is 2.71 bits per heavy atom. The number of aliphatic hydroxyl groups is 1. The molecule has 0 amide bonds. The second kappa shape index (κ2) is 6.56. The molecule has 0 saturated heterocycles. The summed E-state index contributed by atoms with van der Waals surface area (Å²) in [5.74, 6) is 0.516. The topological polar surface area (TPSA) is 72.6 Å². The fraction of sp³-hybridized carbons (Fsp3) is 0.200. The van der Waals surface area contributed by atoms with Crippen LogP contribution in [-0.4, -0.2) is 10.0 Å². The van der Waals surface area contributed by atoms with Crippen LogP contribution in [0.25, 0.3) is 0 Å². The summed E-state index contributed by atoms with van der Waals surface area (Å²) >= 11 is 6.00. The third kappa shape index (κ3) is 3.71. The maximum Gasteiger partial charge on any atom is 0.277 e. The molecule has 0 radical (unpaired) electrons. The van der Waals surface area contributed by atoms with Crippen molar-refractivity contribution >= 4 is 17.3 Å². The second-order valence-corrected chi connectivity index (χ2v) is 4.94. The van der Waals surface area contributed by atoms with Crippen LogP contribution in [0.3, 0.4) is 0 Å². The molecule has 6 heteroatoms. The van der Waals surface area contributed by atoms with Gasteiger partial charge in [0.15, 0.2) is 0 Å². The highest BCUT2D eigenvalue weighted by Crippen LogP contribution is 2.28. The van der Waals surface area contributed by atoms with Crippen molar-refractivity contribution < 1.29 is 14.8 Å². The van der Waals surface area contributed by atoms with Crippen LogP contribution in [0, 0.1) is 10.1 Å². The van der Waals surface area contributed by atoms with Crippen molar-refractivity contribution in [1.82, 2.24) is 0 Å². The quantitative estimate of drug-likeness (QED) is 0.672. The predicted molar refractivity (Wildman–Crippen MR) is 79.5 cm³/mol. The van der Waals surface area contributed by atoms with E-state index in [4.69, 9.17) is 16.3 Å². The van der Waals surface area contributed by atoms with Crippen LogP contribution in [0.15, 0.2) is 42.5 Å². The Morgan fingerprint density at radius 1 is 1.33 bits per heavy atom. The number of nitrogens with zero attached hydrogens (tertiary/aromatic N) is 1. The summed E-state index contributed by atoms with van der Waals surface area (Å²) in [6.07, 6.45) is -0.608. The molecule has 1 N–H and O–H groups in total. The summed E-state index contributed by atoms with van der Waals surface area (Å²) in [6.45, 7) is 1.64. The zero-order valence-electron chi connectivity index (χ0n) is 11.3. The smallest absolute Gasteiger partial charge is 0.277 e. The average Bonchev–Trinajstić information content (AvgIpc) is 2.46. The molecule has 2 rings (SSSR count). The van der Waals surface area contributed by atoms with Crippen molar-refractivity contribution in [2.75, 3.05) is 0 Å². The van der Waals surface area contributed by atoms with E-state index in [9.17, 15) is 15.2 Å². The average molecular weight is 308 g/mol. The van der Waals surface area contributed by atoms with Gasteiger partial charge in [-0.3, -0.25) is 10.1 Å². The third-order valence-electron chi connectivity index (χ3n) is 3.01. The first-order chi connectivity index (χ1) is 9.99. The molecule has 1 atom stereocenters. The Bertz CT molecular complexity index is 658. The van der Waals surface area contributed by atoms with Gasteiger partial charge >= 0.3 is 0 Å². The molecule has 0 aliphatic heterocycles. The summed E-state index contributed by atoms with van der Waals surface area (Å²) < 4.78 is 5.55. The molecule has 2 aromatic rings. The lowest BCUT2D eigenvalue weighted by Gasteiger charge is -2.10. The molecule has 0 bridgehead atoms. The van der Waals surface area contributed by atoms with E-state index in [1.165, 1.54) is 12.1 Å². The van der Waals surface area contributed by atoms with Gasteiger partial charge in [-0.2, -0.15) is 0 Å². The van der Waals surface area contributed by atoms with Crippen LogP contribution in [-0.2, 0) is 6.61 Å². The van der Waals surface area contributed by atoms with Gasteiger partial charge in [0.25, 0.3) is 5.69 Å². The lowest BCUT2D eigenvalue weighted by atomic mass is 10.1. The van der Waals surface area contributed by atoms with Crippen LogP contribution in [0.2, 0.25) is 5.02 Å². The van der Waals surface area contributed by atoms with E-state index in [0.717, 1.165) is 0 Å². The third-order valence-corrected chi connectivity index (χ3v) is 3.37. The Balaban J connectivity index is 2.21. The number of hydrogen-bond acceptors (Lipinski definition) is 4. The van der Waals surface area contributed by atoms with Gasteiger partial charge in [0.1, 0.15) is 12.4 Å². The lowest BCUT2D eigenvalue weighted by molar-refractivity contribution is -0.385. The van der Waals surface area contributed by atoms with Gasteiger partial charge in [-0.25, -0.2) is 0 Å². The maximum atomic E-state index is 11.0. The fourth-order valence-corrected chi connectivity index (χ4v) is 2.11. The zero-order chi connectivity index (χ0) is 15.4. The number of nitro benzene ring substituents is 1. The molecule has 2 aromatic carbocycles. The van der Waals surface area contributed by atoms with Crippen molar-refractivity contribution in [3.8, 4) is 5.75 Å². The van der Waals surface area contributed by atoms with Gasteiger partial charge in [-0.05, 0) is 30.7 Å². The summed E-state index contributed by atoms with van der Waals surface area (Å²) in [5, 5.41) is 20.8. The number of ether oxygens (including phenoxy) is 1. The van der Waals surface area contributed by atoms with Crippen molar-refractivity contribution in [1.29, 1.82) is 0 Å². The Kier molecular flexibility index (Phi) is 4.77. The van der Waals surface area contributed by atoms with Crippen LogP contribution >= 0.6 is 11.6 Å². The largest absolute Gasteiger partial charge is 0.489 e.